The first-order valence-corrected chi connectivity index (χ1v) is 9.89. The Morgan fingerprint density at radius 3 is 2.55 bits per heavy atom. The molecular weight excluding hydrogens is 490 g/mol. The van der Waals surface area contributed by atoms with Crippen molar-refractivity contribution in [1.82, 2.24) is 15.5 Å². The largest absolute Gasteiger partial charge is 0.494 e. The summed E-state index contributed by atoms with van der Waals surface area (Å²) in [7, 11) is 1.75. The molecule has 1 heterocycles. The second-order valence-electron chi connectivity index (χ2n) is 6.61. The second kappa shape index (κ2) is 14.2. The van der Waals surface area contributed by atoms with Gasteiger partial charge in [0.15, 0.2) is 5.96 Å². The fraction of sp³-hybridized carbons (Fsp3) is 0.600. The molecule has 0 spiro atoms. The Kier molecular flexibility index (Phi) is 12.4. The predicted octanol–water partition coefficient (Wildman–Crippen LogP) is 3.39. The third-order valence-electron chi connectivity index (χ3n) is 4.53. The summed E-state index contributed by atoms with van der Waals surface area (Å²) >= 11 is 0. The summed E-state index contributed by atoms with van der Waals surface area (Å²) in [6.07, 6.45) is 3.32. The highest BCUT2D eigenvalue weighted by molar-refractivity contribution is 14.0. The van der Waals surface area contributed by atoms with Gasteiger partial charge < -0.3 is 25.0 Å². The van der Waals surface area contributed by atoms with Gasteiger partial charge in [0.1, 0.15) is 11.6 Å². The summed E-state index contributed by atoms with van der Waals surface area (Å²) < 4.78 is 23.5. The molecule has 1 saturated heterocycles. The van der Waals surface area contributed by atoms with Crippen molar-refractivity contribution < 1.29 is 18.7 Å². The zero-order valence-electron chi connectivity index (χ0n) is 17.2. The molecule has 1 aliphatic rings. The molecule has 1 amide bonds. The third-order valence-corrected chi connectivity index (χ3v) is 4.53. The van der Waals surface area contributed by atoms with Crippen molar-refractivity contribution >= 4 is 36.0 Å². The molecule has 0 radical (unpaired) electrons. The highest BCUT2D eigenvalue weighted by Crippen LogP contribution is 2.12. The quantitative estimate of drug-likeness (QED) is 0.237. The summed E-state index contributed by atoms with van der Waals surface area (Å²) in [6, 6.07) is 6.34. The zero-order chi connectivity index (χ0) is 20.2. The first-order valence-electron chi connectivity index (χ1n) is 9.89. The van der Waals surface area contributed by atoms with Gasteiger partial charge in [0.05, 0.1) is 13.2 Å². The lowest BCUT2D eigenvalue weighted by Gasteiger charge is -2.32. The third kappa shape index (κ3) is 9.51. The molecule has 0 atom stereocenters. The lowest BCUT2D eigenvalue weighted by atomic mass is 10.1. The highest BCUT2D eigenvalue weighted by Gasteiger charge is 2.23. The van der Waals surface area contributed by atoms with Crippen LogP contribution in [-0.4, -0.2) is 62.9 Å². The maximum atomic E-state index is 12.8. The van der Waals surface area contributed by atoms with Crippen molar-refractivity contribution in [3.63, 3.8) is 0 Å². The van der Waals surface area contributed by atoms with Crippen LogP contribution in [0.4, 0.5) is 9.18 Å². The van der Waals surface area contributed by atoms with E-state index in [1.165, 1.54) is 12.1 Å². The summed E-state index contributed by atoms with van der Waals surface area (Å²) in [5.74, 6) is 1.19. The highest BCUT2D eigenvalue weighted by atomic mass is 127. The van der Waals surface area contributed by atoms with Crippen LogP contribution in [0.5, 0.6) is 5.75 Å². The molecule has 1 fully saturated rings. The van der Waals surface area contributed by atoms with E-state index in [4.69, 9.17) is 9.47 Å². The minimum atomic E-state index is -0.262. The molecule has 0 bridgehead atoms. The number of unbranched alkanes of at least 4 members (excludes halogenated alkanes) is 1. The molecule has 0 saturated carbocycles. The number of carbonyl (C=O) groups excluding carboxylic acids is 1. The summed E-state index contributed by atoms with van der Waals surface area (Å²) in [4.78, 5) is 17.7. The number of carbonyl (C=O) groups is 1. The Hall–Kier alpha value is -1.78. The molecule has 0 aliphatic carbocycles. The standard InChI is InChI=1S/C20H31FN4O3.HI/c1-3-27-20(26)25-13-10-17(11-14-25)24-19(22-2)23-12-4-5-15-28-18-8-6-16(21)7-9-18;/h6-9,17H,3-5,10-15H2,1-2H3,(H2,22,23,24);1H. The molecule has 0 unspecified atom stereocenters. The Bertz CT molecular complexity index is 623. The number of nitrogens with one attached hydrogen (secondary N) is 2. The number of aliphatic imine (C=N–C) groups is 1. The van der Waals surface area contributed by atoms with Crippen molar-refractivity contribution in [3.05, 3.63) is 30.1 Å². The van der Waals surface area contributed by atoms with Crippen molar-refractivity contribution in [1.29, 1.82) is 0 Å². The summed E-state index contributed by atoms with van der Waals surface area (Å²) in [5.41, 5.74) is 0. The normalized spacial score (nSPS) is 14.7. The van der Waals surface area contributed by atoms with Gasteiger partial charge in [-0.3, -0.25) is 4.99 Å². The SMILES string of the molecule is CCOC(=O)N1CCC(NC(=NC)NCCCCOc2ccc(F)cc2)CC1.I. The number of hydrogen-bond acceptors (Lipinski definition) is 4. The molecule has 1 aliphatic heterocycles. The minimum Gasteiger partial charge on any atom is -0.494 e. The monoisotopic (exact) mass is 522 g/mol. The molecule has 2 rings (SSSR count). The van der Waals surface area contributed by atoms with Gasteiger partial charge in [0, 0.05) is 32.7 Å². The van der Waals surface area contributed by atoms with Crippen LogP contribution in [0.3, 0.4) is 0 Å². The maximum absolute atomic E-state index is 12.8. The van der Waals surface area contributed by atoms with E-state index < -0.39 is 0 Å². The van der Waals surface area contributed by atoms with Gasteiger partial charge in [0.25, 0.3) is 0 Å². The Morgan fingerprint density at radius 2 is 1.93 bits per heavy atom. The molecule has 29 heavy (non-hydrogen) atoms. The van der Waals surface area contributed by atoms with E-state index in [2.05, 4.69) is 15.6 Å². The van der Waals surface area contributed by atoms with E-state index in [9.17, 15) is 9.18 Å². The van der Waals surface area contributed by atoms with Crippen molar-refractivity contribution in [2.75, 3.05) is 39.9 Å². The lowest BCUT2D eigenvalue weighted by molar-refractivity contribution is 0.0963. The fourth-order valence-corrected chi connectivity index (χ4v) is 2.96. The van der Waals surface area contributed by atoms with E-state index in [-0.39, 0.29) is 35.9 Å². The lowest BCUT2D eigenvalue weighted by Crippen LogP contribution is -2.50. The number of guanidine groups is 1. The molecule has 1 aromatic carbocycles. The van der Waals surface area contributed by atoms with E-state index in [1.54, 1.807) is 24.1 Å². The molecule has 1 aromatic rings. The van der Waals surface area contributed by atoms with Crippen LogP contribution in [0.2, 0.25) is 0 Å². The summed E-state index contributed by atoms with van der Waals surface area (Å²) in [5, 5.41) is 6.72. The van der Waals surface area contributed by atoms with Crippen LogP contribution in [0.25, 0.3) is 0 Å². The smallest absolute Gasteiger partial charge is 0.409 e. The predicted molar refractivity (Wildman–Crippen MR) is 123 cm³/mol. The number of nitrogens with zero attached hydrogens (tertiary/aromatic N) is 2. The molecular formula is C20H32FIN4O3. The molecule has 9 heteroatoms. The number of rotatable bonds is 8. The van der Waals surface area contributed by atoms with Crippen LogP contribution in [0.1, 0.15) is 32.6 Å². The van der Waals surface area contributed by atoms with E-state index >= 15 is 0 Å². The van der Waals surface area contributed by atoms with Gasteiger partial charge in [0.2, 0.25) is 0 Å². The molecule has 2 N–H and O–H groups in total. The molecule has 164 valence electrons. The first-order chi connectivity index (χ1) is 13.6. The van der Waals surface area contributed by atoms with Gasteiger partial charge in [-0.05, 0) is 56.9 Å². The van der Waals surface area contributed by atoms with Crippen LogP contribution < -0.4 is 15.4 Å². The fourth-order valence-electron chi connectivity index (χ4n) is 2.96. The number of likely N-dealkylation sites (tertiary alicyclic amines) is 1. The van der Waals surface area contributed by atoms with E-state index in [0.29, 0.717) is 38.1 Å². The Balaban J connectivity index is 0.00000420. The van der Waals surface area contributed by atoms with Gasteiger partial charge in [-0.2, -0.15) is 0 Å². The molecule has 7 nitrogen and oxygen atoms in total. The van der Waals surface area contributed by atoms with Gasteiger partial charge >= 0.3 is 6.09 Å². The average molecular weight is 522 g/mol. The van der Waals surface area contributed by atoms with Crippen molar-refractivity contribution in [3.8, 4) is 5.75 Å². The van der Waals surface area contributed by atoms with E-state index in [0.717, 1.165) is 38.2 Å². The number of halogens is 2. The Morgan fingerprint density at radius 1 is 1.24 bits per heavy atom. The second-order valence-corrected chi connectivity index (χ2v) is 6.61. The van der Waals surface area contributed by atoms with Gasteiger partial charge in [-0.15, -0.1) is 24.0 Å². The average Bonchev–Trinajstić information content (AvgIpc) is 2.71. The number of piperidine rings is 1. The minimum absolute atomic E-state index is 0. The number of benzene rings is 1. The van der Waals surface area contributed by atoms with E-state index in [1.807, 2.05) is 6.92 Å². The van der Waals surface area contributed by atoms with Crippen LogP contribution in [-0.2, 0) is 4.74 Å². The van der Waals surface area contributed by atoms with Crippen LogP contribution in [0.15, 0.2) is 29.3 Å². The number of amides is 1. The zero-order valence-corrected chi connectivity index (χ0v) is 19.5. The maximum Gasteiger partial charge on any atom is 0.409 e. The van der Waals surface area contributed by atoms with Crippen molar-refractivity contribution in [2.45, 2.75) is 38.6 Å². The summed E-state index contributed by atoms with van der Waals surface area (Å²) in [6.45, 7) is 4.97. The number of hydrogen-bond donors (Lipinski definition) is 2. The van der Waals surface area contributed by atoms with Gasteiger partial charge in [-0.1, -0.05) is 0 Å². The van der Waals surface area contributed by atoms with Crippen LogP contribution >= 0.6 is 24.0 Å². The van der Waals surface area contributed by atoms with Crippen LogP contribution in [0, 0.1) is 5.82 Å². The Labute approximate surface area is 189 Å². The topological polar surface area (TPSA) is 75.2 Å². The van der Waals surface area contributed by atoms with Crippen molar-refractivity contribution in [2.24, 2.45) is 4.99 Å². The molecule has 0 aromatic heterocycles. The number of ether oxygens (including phenoxy) is 2. The van der Waals surface area contributed by atoms with Gasteiger partial charge in [-0.25, -0.2) is 9.18 Å². The first kappa shape index (κ1) is 25.3.